The highest BCUT2D eigenvalue weighted by atomic mass is 19.4. The maximum atomic E-state index is 12.5. The molecule has 0 amide bonds. The summed E-state index contributed by atoms with van der Waals surface area (Å²) in [4.78, 5) is 0. The van der Waals surface area contributed by atoms with E-state index >= 15 is 0 Å². The second-order valence-electron chi connectivity index (χ2n) is 6.13. The first kappa shape index (κ1) is 16.3. The lowest BCUT2D eigenvalue weighted by atomic mass is 9.85. The molecule has 21 heavy (non-hydrogen) atoms. The molecule has 2 rings (SSSR count). The third-order valence-corrected chi connectivity index (χ3v) is 4.39. The van der Waals surface area contributed by atoms with E-state index in [2.05, 4.69) is 0 Å². The van der Waals surface area contributed by atoms with Crippen LogP contribution in [-0.4, -0.2) is 11.2 Å². The summed E-state index contributed by atoms with van der Waals surface area (Å²) in [6, 6.07) is 5.10. The van der Waals surface area contributed by atoms with E-state index in [1.54, 1.807) is 0 Å². The monoisotopic (exact) mass is 300 g/mol. The Morgan fingerprint density at radius 2 is 1.67 bits per heavy atom. The van der Waals surface area contributed by atoms with Gasteiger partial charge in [-0.2, -0.15) is 13.2 Å². The van der Waals surface area contributed by atoms with Crippen LogP contribution in [-0.2, 0) is 12.6 Å². The second kappa shape index (κ2) is 7.30. The Labute approximate surface area is 124 Å². The molecule has 4 heteroatoms. The van der Waals surface area contributed by atoms with E-state index in [9.17, 15) is 18.3 Å². The van der Waals surface area contributed by atoms with Crippen molar-refractivity contribution >= 4 is 0 Å². The van der Waals surface area contributed by atoms with E-state index < -0.39 is 17.8 Å². The van der Waals surface area contributed by atoms with E-state index in [-0.39, 0.29) is 0 Å². The van der Waals surface area contributed by atoms with Crippen molar-refractivity contribution in [3.05, 3.63) is 35.4 Å². The zero-order valence-corrected chi connectivity index (χ0v) is 12.2. The standard InChI is InChI=1S/C17H23F3O/c18-17(19,20)15-9-6-14(7-10-15)12-16(21)11-8-13-4-2-1-3-5-13/h6-7,9-10,13,16,21H,1-5,8,11-12H2. The van der Waals surface area contributed by atoms with E-state index in [1.165, 1.54) is 44.2 Å². The van der Waals surface area contributed by atoms with Crippen LogP contribution in [0.15, 0.2) is 24.3 Å². The summed E-state index contributed by atoms with van der Waals surface area (Å²) < 4.78 is 37.4. The SMILES string of the molecule is OC(CCC1CCCCC1)Cc1ccc(C(F)(F)F)cc1. The van der Waals surface area contributed by atoms with Crippen LogP contribution in [0.25, 0.3) is 0 Å². The first-order chi connectivity index (χ1) is 9.95. The number of aliphatic hydroxyl groups excluding tert-OH is 1. The van der Waals surface area contributed by atoms with Gasteiger partial charge in [-0.15, -0.1) is 0 Å². The van der Waals surface area contributed by atoms with Crippen molar-refractivity contribution in [3.63, 3.8) is 0 Å². The molecule has 0 radical (unpaired) electrons. The fourth-order valence-electron chi connectivity index (χ4n) is 3.11. The predicted molar refractivity (Wildman–Crippen MR) is 77.0 cm³/mol. The molecular weight excluding hydrogens is 277 g/mol. The predicted octanol–water partition coefficient (Wildman–Crippen LogP) is 4.97. The smallest absolute Gasteiger partial charge is 0.393 e. The molecule has 1 aliphatic rings. The number of aliphatic hydroxyl groups is 1. The number of benzene rings is 1. The zero-order valence-electron chi connectivity index (χ0n) is 12.2. The molecule has 1 unspecified atom stereocenters. The molecule has 1 fully saturated rings. The van der Waals surface area contributed by atoms with E-state index in [0.29, 0.717) is 6.42 Å². The first-order valence-electron chi connectivity index (χ1n) is 7.79. The van der Waals surface area contributed by atoms with Gasteiger partial charge in [-0.1, -0.05) is 44.2 Å². The van der Waals surface area contributed by atoms with Crippen LogP contribution in [0.4, 0.5) is 13.2 Å². The lowest BCUT2D eigenvalue weighted by Crippen LogP contribution is -2.14. The largest absolute Gasteiger partial charge is 0.416 e. The highest BCUT2D eigenvalue weighted by Gasteiger charge is 2.29. The van der Waals surface area contributed by atoms with Crippen LogP contribution >= 0.6 is 0 Å². The summed E-state index contributed by atoms with van der Waals surface area (Å²) in [5.41, 5.74) is 0.127. The van der Waals surface area contributed by atoms with Gasteiger partial charge in [-0.25, -0.2) is 0 Å². The molecule has 1 aromatic rings. The van der Waals surface area contributed by atoms with E-state index in [0.717, 1.165) is 36.5 Å². The summed E-state index contributed by atoms with van der Waals surface area (Å²) >= 11 is 0. The third kappa shape index (κ3) is 5.34. The molecule has 0 spiro atoms. The van der Waals surface area contributed by atoms with Gasteiger partial charge in [0.15, 0.2) is 0 Å². The minimum absolute atomic E-state index is 0.435. The molecule has 0 saturated heterocycles. The Balaban J connectivity index is 1.78. The van der Waals surface area contributed by atoms with Gasteiger partial charge in [-0.3, -0.25) is 0 Å². The summed E-state index contributed by atoms with van der Waals surface area (Å²) in [6.07, 6.45) is 3.88. The van der Waals surface area contributed by atoms with Crippen LogP contribution in [0.5, 0.6) is 0 Å². The molecule has 1 aliphatic carbocycles. The van der Waals surface area contributed by atoms with Crippen LogP contribution < -0.4 is 0 Å². The van der Waals surface area contributed by atoms with Gasteiger partial charge >= 0.3 is 6.18 Å². The van der Waals surface area contributed by atoms with Gasteiger partial charge < -0.3 is 5.11 Å². The lowest BCUT2D eigenvalue weighted by molar-refractivity contribution is -0.137. The quantitative estimate of drug-likeness (QED) is 0.814. The van der Waals surface area contributed by atoms with Crippen molar-refractivity contribution in [2.24, 2.45) is 5.92 Å². The van der Waals surface area contributed by atoms with Crippen molar-refractivity contribution in [2.75, 3.05) is 0 Å². The number of hydrogen-bond donors (Lipinski definition) is 1. The highest BCUT2D eigenvalue weighted by molar-refractivity contribution is 5.25. The molecule has 0 aliphatic heterocycles. The molecule has 1 atom stereocenters. The highest BCUT2D eigenvalue weighted by Crippen LogP contribution is 2.30. The Morgan fingerprint density at radius 1 is 1.05 bits per heavy atom. The number of hydrogen-bond acceptors (Lipinski definition) is 1. The van der Waals surface area contributed by atoms with Crippen LogP contribution in [0.3, 0.4) is 0 Å². The summed E-state index contributed by atoms with van der Waals surface area (Å²) in [6.45, 7) is 0. The average molecular weight is 300 g/mol. The van der Waals surface area contributed by atoms with Gasteiger partial charge in [0.25, 0.3) is 0 Å². The first-order valence-corrected chi connectivity index (χ1v) is 7.79. The molecule has 0 aromatic heterocycles. The summed E-state index contributed by atoms with van der Waals surface area (Å²) in [7, 11) is 0. The maximum absolute atomic E-state index is 12.5. The molecule has 0 heterocycles. The third-order valence-electron chi connectivity index (χ3n) is 4.39. The molecule has 1 saturated carbocycles. The fraction of sp³-hybridized carbons (Fsp3) is 0.647. The van der Waals surface area contributed by atoms with E-state index in [4.69, 9.17) is 0 Å². The van der Waals surface area contributed by atoms with Crippen LogP contribution in [0.2, 0.25) is 0 Å². The Hall–Kier alpha value is -1.03. The van der Waals surface area contributed by atoms with Crippen molar-refractivity contribution in [3.8, 4) is 0 Å². The van der Waals surface area contributed by atoms with Gasteiger partial charge in [0.05, 0.1) is 11.7 Å². The zero-order chi connectivity index (χ0) is 15.3. The molecule has 1 N–H and O–H groups in total. The average Bonchev–Trinajstić information content (AvgIpc) is 2.46. The molecule has 1 aromatic carbocycles. The Kier molecular flexibility index (Phi) is 5.68. The fourth-order valence-corrected chi connectivity index (χ4v) is 3.11. The van der Waals surface area contributed by atoms with Crippen molar-refractivity contribution in [1.82, 2.24) is 0 Å². The summed E-state index contributed by atoms with van der Waals surface area (Å²) in [5.74, 6) is 0.723. The second-order valence-corrected chi connectivity index (χ2v) is 6.13. The topological polar surface area (TPSA) is 20.2 Å². The van der Waals surface area contributed by atoms with Gasteiger partial charge in [0.2, 0.25) is 0 Å². The Bertz CT molecular complexity index is 419. The maximum Gasteiger partial charge on any atom is 0.416 e. The number of halogens is 3. The number of alkyl halides is 3. The Morgan fingerprint density at radius 3 is 2.24 bits per heavy atom. The lowest BCUT2D eigenvalue weighted by Gasteiger charge is -2.22. The van der Waals surface area contributed by atoms with E-state index in [1.807, 2.05) is 0 Å². The van der Waals surface area contributed by atoms with Gasteiger partial charge in [-0.05, 0) is 42.9 Å². The summed E-state index contributed by atoms with van der Waals surface area (Å²) in [5, 5.41) is 10.0. The van der Waals surface area contributed by atoms with Crippen molar-refractivity contribution in [1.29, 1.82) is 0 Å². The molecule has 1 nitrogen and oxygen atoms in total. The van der Waals surface area contributed by atoms with Crippen LogP contribution in [0, 0.1) is 5.92 Å². The van der Waals surface area contributed by atoms with Gasteiger partial charge in [0, 0.05) is 0 Å². The molecule has 118 valence electrons. The van der Waals surface area contributed by atoms with Crippen molar-refractivity contribution in [2.45, 2.75) is 63.6 Å². The minimum Gasteiger partial charge on any atom is -0.393 e. The normalized spacial score (nSPS) is 18.7. The molecular formula is C17H23F3O. The minimum atomic E-state index is -4.29. The number of rotatable bonds is 5. The molecule has 0 bridgehead atoms. The van der Waals surface area contributed by atoms with Gasteiger partial charge in [0.1, 0.15) is 0 Å². The van der Waals surface area contributed by atoms with Crippen molar-refractivity contribution < 1.29 is 18.3 Å². The van der Waals surface area contributed by atoms with Crippen LogP contribution in [0.1, 0.15) is 56.1 Å².